The summed E-state index contributed by atoms with van der Waals surface area (Å²) in [5, 5.41) is 0. The van der Waals surface area contributed by atoms with Crippen molar-refractivity contribution in [2.24, 2.45) is 0 Å². The highest BCUT2D eigenvalue weighted by atomic mass is 19.1. The molecule has 0 saturated carbocycles. The molecule has 1 aromatic carbocycles. The maximum Gasteiger partial charge on any atom is 0.307 e. The van der Waals surface area contributed by atoms with E-state index in [2.05, 4.69) is 6.92 Å². The quantitative estimate of drug-likeness (QED) is 0.371. The minimum Gasteiger partial charge on any atom is -0.466 e. The number of unbranched alkanes of at least 4 members (excludes halogenated alkanes) is 2. The lowest BCUT2D eigenvalue weighted by Gasteiger charge is -2.20. The zero-order valence-electron chi connectivity index (χ0n) is 14.5. The van der Waals surface area contributed by atoms with Gasteiger partial charge in [0.25, 0.3) is 0 Å². The summed E-state index contributed by atoms with van der Waals surface area (Å²) in [5.74, 6) is -0.762. The van der Waals surface area contributed by atoms with Gasteiger partial charge in [-0.05, 0) is 37.1 Å². The molecule has 1 rings (SSSR count). The van der Waals surface area contributed by atoms with Crippen LogP contribution in [0, 0.1) is 5.82 Å². The number of hydrogen-bond acceptors (Lipinski definition) is 3. The third-order valence-corrected chi connectivity index (χ3v) is 3.52. The Morgan fingerprint density at radius 1 is 1.12 bits per heavy atom. The van der Waals surface area contributed by atoms with Crippen molar-refractivity contribution >= 4 is 18.0 Å². The van der Waals surface area contributed by atoms with Crippen LogP contribution in [0.25, 0.3) is 6.08 Å². The van der Waals surface area contributed by atoms with Gasteiger partial charge in [0.2, 0.25) is 5.91 Å². The largest absolute Gasteiger partial charge is 0.466 e. The number of esters is 1. The van der Waals surface area contributed by atoms with E-state index in [9.17, 15) is 14.0 Å². The first kappa shape index (κ1) is 19.9. The van der Waals surface area contributed by atoms with Gasteiger partial charge < -0.3 is 9.64 Å². The monoisotopic (exact) mass is 335 g/mol. The van der Waals surface area contributed by atoms with Gasteiger partial charge in [0.1, 0.15) is 5.82 Å². The van der Waals surface area contributed by atoms with Crippen molar-refractivity contribution in [2.45, 2.75) is 39.5 Å². The summed E-state index contributed by atoms with van der Waals surface area (Å²) in [6, 6.07) is 5.92. The maximum atomic E-state index is 12.9. The number of amides is 1. The molecule has 24 heavy (non-hydrogen) atoms. The second kappa shape index (κ2) is 11.4. The number of hydrogen-bond donors (Lipinski definition) is 0. The van der Waals surface area contributed by atoms with Crippen LogP contribution in [0.1, 0.15) is 45.1 Å². The lowest BCUT2D eigenvalue weighted by molar-refractivity contribution is -0.143. The number of carbonyl (C=O) groups is 2. The van der Waals surface area contributed by atoms with Gasteiger partial charge in [0.05, 0.1) is 13.0 Å². The van der Waals surface area contributed by atoms with E-state index in [1.807, 2.05) is 0 Å². The molecule has 0 atom stereocenters. The molecule has 1 amide bonds. The molecule has 5 heteroatoms. The van der Waals surface area contributed by atoms with Gasteiger partial charge in [0.15, 0.2) is 0 Å². The van der Waals surface area contributed by atoms with Crippen molar-refractivity contribution in [1.82, 2.24) is 4.90 Å². The predicted octanol–water partition coefficient (Wildman–Crippen LogP) is 3.81. The minimum atomic E-state index is -0.311. The van der Waals surface area contributed by atoms with E-state index in [1.165, 1.54) is 18.2 Å². The van der Waals surface area contributed by atoms with Crippen LogP contribution in [0.5, 0.6) is 0 Å². The molecule has 0 heterocycles. The van der Waals surface area contributed by atoms with Gasteiger partial charge in [0, 0.05) is 19.2 Å². The summed E-state index contributed by atoms with van der Waals surface area (Å²) in [4.78, 5) is 25.5. The topological polar surface area (TPSA) is 46.6 Å². The first-order valence-corrected chi connectivity index (χ1v) is 8.45. The second-order valence-electron chi connectivity index (χ2n) is 5.47. The van der Waals surface area contributed by atoms with Crippen LogP contribution >= 0.6 is 0 Å². The van der Waals surface area contributed by atoms with Gasteiger partial charge in [-0.3, -0.25) is 9.59 Å². The summed E-state index contributed by atoms with van der Waals surface area (Å²) in [7, 11) is 0. The minimum absolute atomic E-state index is 0.153. The SMILES string of the molecule is CCCCCN(CCC(=O)OCC)C(=O)/C=C/c1ccc(F)cc1. The third-order valence-electron chi connectivity index (χ3n) is 3.52. The van der Waals surface area contributed by atoms with E-state index in [1.54, 1.807) is 30.0 Å². The molecule has 132 valence electrons. The number of nitrogens with zero attached hydrogens (tertiary/aromatic N) is 1. The average molecular weight is 335 g/mol. The Hall–Kier alpha value is -2.17. The van der Waals surface area contributed by atoms with Crippen LogP contribution in [-0.4, -0.2) is 36.5 Å². The van der Waals surface area contributed by atoms with E-state index in [4.69, 9.17) is 4.74 Å². The summed E-state index contributed by atoms with van der Waals surface area (Å²) in [6.45, 7) is 5.15. The molecule has 0 saturated heterocycles. The van der Waals surface area contributed by atoms with E-state index < -0.39 is 0 Å². The van der Waals surface area contributed by atoms with Crippen molar-refractivity contribution in [3.8, 4) is 0 Å². The van der Waals surface area contributed by atoms with Gasteiger partial charge in [-0.2, -0.15) is 0 Å². The molecule has 0 aliphatic carbocycles. The fourth-order valence-corrected chi connectivity index (χ4v) is 2.19. The van der Waals surface area contributed by atoms with Crippen molar-refractivity contribution in [3.05, 3.63) is 41.7 Å². The summed E-state index contributed by atoms with van der Waals surface area (Å²) in [6.07, 6.45) is 6.30. The van der Waals surface area contributed by atoms with Crippen LogP contribution in [0.2, 0.25) is 0 Å². The van der Waals surface area contributed by atoms with Crippen LogP contribution in [-0.2, 0) is 14.3 Å². The maximum absolute atomic E-state index is 12.9. The second-order valence-corrected chi connectivity index (χ2v) is 5.47. The molecule has 0 bridgehead atoms. The van der Waals surface area contributed by atoms with Crippen molar-refractivity contribution in [3.63, 3.8) is 0 Å². The third kappa shape index (κ3) is 7.90. The summed E-state index contributed by atoms with van der Waals surface area (Å²) >= 11 is 0. The van der Waals surface area contributed by atoms with E-state index >= 15 is 0 Å². The fraction of sp³-hybridized carbons (Fsp3) is 0.474. The van der Waals surface area contributed by atoms with Gasteiger partial charge in [-0.25, -0.2) is 4.39 Å². The van der Waals surface area contributed by atoms with Crippen molar-refractivity contribution in [1.29, 1.82) is 0 Å². The lowest BCUT2D eigenvalue weighted by atomic mass is 10.2. The fourth-order valence-electron chi connectivity index (χ4n) is 2.19. The highest BCUT2D eigenvalue weighted by Gasteiger charge is 2.13. The van der Waals surface area contributed by atoms with E-state index in [0.29, 0.717) is 19.7 Å². The smallest absolute Gasteiger partial charge is 0.307 e. The standard InChI is InChI=1S/C19H26FNO3/c1-3-5-6-14-21(15-13-19(23)24-4-2)18(22)12-9-16-7-10-17(20)11-8-16/h7-12H,3-6,13-15H2,1-2H3/b12-9+. The zero-order valence-corrected chi connectivity index (χ0v) is 14.5. The molecular formula is C19H26FNO3. The molecule has 0 N–H and O–H groups in total. The van der Waals surface area contributed by atoms with E-state index in [-0.39, 0.29) is 24.1 Å². The Labute approximate surface area is 143 Å². The van der Waals surface area contributed by atoms with Crippen LogP contribution < -0.4 is 0 Å². The Balaban J connectivity index is 2.63. The van der Waals surface area contributed by atoms with Crippen LogP contribution in [0.4, 0.5) is 4.39 Å². The number of carbonyl (C=O) groups excluding carboxylic acids is 2. The molecule has 0 aromatic heterocycles. The molecule has 0 aliphatic heterocycles. The first-order valence-electron chi connectivity index (χ1n) is 8.45. The summed E-state index contributed by atoms with van der Waals surface area (Å²) in [5.41, 5.74) is 0.753. The molecule has 0 radical (unpaired) electrons. The molecule has 0 aliphatic rings. The predicted molar refractivity (Wildman–Crippen MR) is 92.8 cm³/mol. The lowest BCUT2D eigenvalue weighted by Crippen LogP contribution is -2.33. The first-order chi connectivity index (χ1) is 11.6. The average Bonchev–Trinajstić information content (AvgIpc) is 2.57. The Morgan fingerprint density at radius 2 is 1.83 bits per heavy atom. The molecule has 1 aromatic rings. The highest BCUT2D eigenvalue weighted by Crippen LogP contribution is 2.07. The summed E-state index contributed by atoms with van der Waals surface area (Å²) < 4.78 is 17.8. The van der Waals surface area contributed by atoms with Gasteiger partial charge >= 0.3 is 5.97 Å². The van der Waals surface area contributed by atoms with Crippen LogP contribution in [0.3, 0.4) is 0 Å². The van der Waals surface area contributed by atoms with Crippen molar-refractivity contribution in [2.75, 3.05) is 19.7 Å². The number of ether oxygens (including phenoxy) is 1. The molecule has 0 unspecified atom stereocenters. The normalized spacial score (nSPS) is 10.8. The molecule has 4 nitrogen and oxygen atoms in total. The zero-order chi connectivity index (χ0) is 17.8. The van der Waals surface area contributed by atoms with Gasteiger partial charge in [-0.15, -0.1) is 0 Å². The van der Waals surface area contributed by atoms with Crippen molar-refractivity contribution < 1.29 is 18.7 Å². The molecule has 0 fully saturated rings. The highest BCUT2D eigenvalue weighted by molar-refractivity contribution is 5.92. The Morgan fingerprint density at radius 3 is 2.46 bits per heavy atom. The molecular weight excluding hydrogens is 309 g/mol. The number of rotatable bonds is 10. The Kier molecular flexibility index (Phi) is 9.42. The number of halogens is 1. The van der Waals surface area contributed by atoms with Crippen LogP contribution in [0.15, 0.2) is 30.3 Å². The van der Waals surface area contributed by atoms with E-state index in [0.717, 1.165) is 24.8 Å². The molecule has 0 spiro atoms. The number of benzene rings is 1. The Bertz CT molecular complexity index is 540. The van der Waals surface area contributed by atoms with Gasteiger partial charge in [-0.1, -0.05) is 31.9 Å².